The third-order valence-electron chi connectivity index (χ3n) is 3.93. The van der Waals surface area contributed by atoms with Gasteiger partial charge in [0.15, 0.2) is 11.5 Å². The van der Waals surface area contributed by atoms with Crippen LogP contribution in [0, 0.1) is 0 Å². The summed E-state index contributed by atoms with van der Waals surface area (Å²) < 4.78 is 12.7. The standard InChI is InChI=1S/C20H25BrClNO2/c1-4-14(3)23-12-16-10-18(21)20(19(11-16)24-5-2)25-13-15-6-8-17(22)9-7-15/h6-11,14,23H,4-5,12-13H2,1-3H3/t14-/m1/s1. The Morgan fingerprint density at radius 2 is 1.80 bits per heavy atom. The van der Waals surface area contributed by atoms with Gasteiger partial charge in [0.25, 0.3) is 0 Å². The van der Waals surface area contributed by atoms with E-state index >= 15 is 0 Å². The summed E-state index contributed by atoms with van der Waals surface area (Å²) in [5.41, 5.74) is 2.22. The zero-order valence-corrected chi connectivity index (χ0v) is 17.3. The molecule has 2 aromatic carbocycles. The average Bonchev–Trinajstić information content (AvgIpc) is 2.60. The Labute approximate surface area is 163 Å². The highest BCUT2D eigenvalue weighted by atomic mass is 79.9. The van der Waals surface area contributed by atoms with E-state index in [1.807, 2.05) is 37.3 Å². The van der Waals surface area contributed by atoms with Gasteiger partial charge >= 0.3 is 0 Å². The molecule has 0 saturated heterocycles. The molecule has 5 heteroatoms. The number of nitrogens with one attached hydrogen (secondary N) is 1. The van der Waals surface area contributed by atoms with Gasteiger partial charge in [-0.15, -0.1) is 0 Å². The third kappa shape index (κ3) is 6.21. The van der Waals surface area contributed by atoms with Gasteiger partial charge in [-0.05, 0) is 71.6 Å². The second kappa shape index (κ2) is 10.0. The van der Waals surface area contributed by atoms with Gasteiger partial charge in [0.05, 0.1) is 11.1 Å². The molecule has 25 heavy (non-hydrogen) atoms. The molecule has 1 atom stereocenters. The van der Waals surface area contributed by atoms with E-state index in [1.165, 1.54) is 0 Å². The van der Waals surface area contributed by atoms with Crippen LogP contribution in [0.3, 0.4) is 0 Å². The van der Waals surface area contributed by atoms with Crippen LogP contribution in [-0.4, -0.2) is 12.6 Å². The van der Waals surface area contributed by atoms with Crippen molar-refractivity contribution < 1.29 is 9.47 Å². The number of hydrogen-bond acceptors (Lipinski definition) is 3. The van der Waals surface area contributed by atoms with E-state index in [9.17, 15) is 0 Å². The summed E-state index contributed by atoms with van der Waals surface area (Å²) in [4.78, 5) is 0. The second-order valence-corrected chi connectivity index (χ2v) is 7.23. The van der Waals surface area contributed by atoms with Crippen LogP contribution in [-0.2, 0) is 13.2 Å². The van der Waals surface area contributed by atoms with Crippen molar-refractivity contribution in [3.05, 3.63) is 57.0 Å². The van der Waals surface area contributed by atoms with Crippen LogP contribution in [0.4, 0.5) is 0 Å². The number of ether oxygens (including phenoxy) is 2. The van der Waals surface area contributed by atoms with Gasteiger partial charge in [-0.1, -0.05) is 30.7 Å². The summed E-state index contributed by atoms with van der Waals surface area (Å²) in [5, 5.41) is 4.22. The lowest BCUT2D eigenvalue weighted by Crippen LogP contribution is -2.24. The van der Waals surface area contributed by atoms with Crippen molar-refractivity contribution in [1.29, 1.82) is 0 Å². The lowest BCUT2D eigenvalue weighted by atomic mass is 10.1. The molecule has 0 aliphatic heterocycles. The van der Waals surface area contributed by atoms with Crippen LogP contribution in [0.15, 0.2) is 40.9 Å². The van der Waals surface area contributed by atoms with Crippen molar-refractivity contribution in [3.63, 3.8) is 0 Å². The maximum atomic E-state index is 6.01. The minimum absolute atomic E-state index is 0.459. The van der Waals surface area contributed by atoms with Gasteiger partial charge in [-0.25, -0.2) is 0 Å². The zero-order valence-electron chi connectivity index (χ0n) is 14.9. The van der Waals surface area contributed by atoms with Gasteiger partial charge < -0.3 is 14.8 Å². The molecule has 136 valence electrons. The van der Waals surface area contributed by atoms with Gasteiger partial charge in [-0.3, -0.25) is 0 Å². The Hall–Kier alpha value is -1.23. The van der Waals surface area contributed by atoms with E-state index in [-0.39, 0.29) is 0 Å². The van der Waals surface area contributed by atoms with E-state index in [0.29, 0.717) is 19.3 Å². The smallest absolute Gasteiger partial charge is 0.175 e. The molecule has 2 rings (SSSR count). The van der Waals surface area contributed by atoms with Gasteiger partial charge in [0.1, 0.15) is 6.61 Å². The third-order valence-corrected chi connectivity index (χ3v) is 4.77. The van der Waals surface area contributed by atoms with Gasteiger partial charge in [0, 0.05) is 17.6 Å². The van der Waals surface area contributed by atoms with Crippen LogP contribution in [0.2, 0.25) is 5.02 Å². The lowest BCUT2D eigenvalue weighted by Gasteiger charge is -2.17. The van der Waals surface area contributed by atoms with Crippen LogP contribution >= 0.6 is 27.5 Å². The summed E-state index contributed by atoms with van der Waals surface area (Å²) in [6.45, 7) is 8.17. The van der Waals surface area contributed by atoms with Crippen molar-refractivity contribution in [2.45, 2.75) is 46.4 Å². The SMILES string of the molecule is CCOc1cc(CN[C@H](C)CC)cc(Br)c1OCc1ccc(Cl)cc1. The van der Waals surface area contributed by atoms with Crippen LogP contribution < -0.4 is 14.8 Å². The van der Waals surface area contributed by atoms with E-state index in [1.54, 1.807) is 0 Å². The quantitative estimate of drug-likeness (QED) is 0.536. The fourth-order valence-electron chi connectivity index (χ4n) is 2.30. The molecule has 0 aliphatic carbocycles. The number of halogens is 2. The van der Waals surface area contributed by atoms with Crippen molar-refractivity contribution in [3.8, 4) is 11.5 Å². The van der Waals surface area contributed by atoms with Crippen molar-refractivity contribution in [2.24, 2.45) is 0 Å². The minimum atomic E-state index is 0.459. The Kier molecular flexibility index (Phi) is 8.07. The number of rotatable bonds is 9. The first-order valence-corrected chi connectivity index (χ1v) is 9.76. The first kappa shape index (κ1) is 20.1. The zero-order chi connectivity index (χ0) is 18.2. The molecular formula is C20H25BrClNO2. The van der Waals surface area contributed by atoms with Crippen molar-refractivity contribution in [2.75, 3.05) is 6.61 Å². The summed E-state index contributed by atoms with van der Waals surface area (Å²) in [6, 6.07) is 12.2. The lowest BCUT2D eigenvalue weighted by molar-refractivity contribution is 0.267. The molecule has 0 aromatic heterocycles. The first-order valence-electron chi connectivity index (χ1n) is 8.59. The predicted octanol–water partition coefficient (Wildman–Crippen LogP) is 5.97. The summed E-state index contributed by atoms with van der Waals surface area (Å²) in [6.07, 6.45) is 1.10. The Morgan fingerprint density at radius 3 is 2.44 bits per heavy atom. The Bertz CT molecular complexity index is 676. The van der Waals surface area contributed by atoms with Crippen LogP contribution in [0.1, 0.15) is 38.3 Å². The van der Waals surface area contributed by atoms with E-state index < -0.39 is 0 Å². The second-order valence-electron chi connectivity index (χ2n) is 5.94. The summed E-state index contributed by atoms with van der Waals surface area (Å²) >= 11 is 9.55. The highest BCUT2D eigenvalue weighted by molar-refractivity contribution is 9.10. The van der Waals surface area contributed by atoms with Gasteiger partial charge in [-0.2, -0.15) is 0 Å². The van der Waals surface area contributed by atoms with E-state index in [0.717, 1.165) is 45.1 Å². The van der Waals surface area contributed by atoms with Crippen molar-refractivity contribution in [1.82, 2.24) is 5.32 Å². The van der Waals surface area contributed by atoms with Crippen LogP contribution in [0.5, 0.6) is 11.5 Å². The molecule has 0 amide bonds. The Morgan fingerprint density at radius 1 is 1.08 bits per heavy atom. The molecule has 3 nitrogen and oxygen atoms in total. The minimum Gasteiger partial charge on any atom is -0.490 e. The molecule has 0 bridgehead atoms. The highest BCUT2D eigenvalue weighted by Gasteiger charge is 2.13. The average molecular weight is 427 g/mol. The molecule has 0 aliphatic rings. The molecule has 0 fully saturated rings. The topological polar surface area (TPSA) is 30.5 Å². The van der Waals surface area contributed by atoms with E-state index in [4.69, 9.17) is 21.1 Å². The molecule has 0 heterocycles. The summed E-state index contributed by atoms with van der Waals surface area (Å²) in [7, 11) is 0. The molecular weight excluding hydrogens is 402 g/mol. The number of benzene rings is 2. The molecule has 0 spiro atoms. The monoisotopic (exact) mass is 425 g/mol. The summed E-state index contributed by atoms with van der Waals surface area (Å²) in [5.74, 6) is 1.48. The molecule has 0 radical (unpaired) electrons. The van der Waals surface area contributed by atoms with Gasteiger partial charge in [0.2, 0.25) is 0 Å². The molecule has 0 unspecified atom stereocenters. The predicted molar refractivity (Wildman–Crippen MR) is 108 cm³/mol. The maximum Gasteiger partial charge on any atom is 0.175 e. The van der Waals surface area contributed by atoms with E-state index in [2.05, 4.69) is 41.2 Å². The first-order chi connectivity index (χ1) is 12.0. The Balaban J connectivity index is 2.13. The molecule has 0 saturated carbocycles. The largest absolute Gasteiger partial charge is 0.490 e. The van der Waals surface area contributed by atoms with Crippen LogP contribution in [0.25, 0.3) is 0 Å². The van der Waals surface area contributed by atoms with Crippen molar-refractivity contribution >= 4 is 27.5 Å². The highest BCUT2D eigenvalue weighted by Crippen LogP contribution is 2.37. The normalized spacial score (nSPS) is 12.0. The maximum absolute atomic E-state index is 6.01. The number of hydrogen-bond donors (Lipinski definition) is 1. The fraction of sp³-hybridized carbons (Fsp3) is 0.400. The fourth-order valence-corrected chi connectivity index (χ4v) is 3.03. The molecule has 1 N–H and O–H groups in total. The molecule has 2 aromatic rings.